The SMILES string of the molecule is N#CC(=Cc1ccc(OCC(=O)Nc2ccccc2F)cc1)C(=O)Nc1ccccc1. The van der Waals surface area contributed by atoms with E-state index in [4.69, 9.17) is 4.74 Å². The third-order valence-corrected chi connectivity index (χ3v) is 4.11. The van der Waals surface area contributed by atoms with E-state index in [1.165, 1.54) is 24.3 Å². The van der Waals surface area contributed by atoms with Crippen molar-refractivity contribution < 1.29 is 18.7 Å². The maximum absolute atomic E-state index is 13.6. The lowest BCUT2D eigenvalue weighted by Gasteiger charge is -2.08. The van der Waals surface area contributed by atoms with E-state index in [2.05, 4.69) is 10.6 Å². The summed E-state index contributed by atoms with van der Waals surface area (Å²) in [6, 6.07) is 23.1. The summed E-state index contributed by atoms with van der Waals surface area (Å²) in [5.41, 5.74) is 1.23. The molecule has 0 radical (unpaired) electrons. The molecular weight excluding hydrogens is 397 g/mol. The minimum absolute atomic E-state index is 0.0539. The molecule has 3 rings (SSSR count). The van der Waals surface area contributed by atoms with Crippen LogP contribution in [0.2, 0.25) is 0 Å². The molecule has 7 heteroatoms. The topological polar surface area (TPSA) is 91.2 Å². The molecule has 2 N–H and O–H groups in total. The van der Waals surface area contributed by atoms with E-state index in [0.717, 1.165) is 0 Å². The Morgan fingerprint density at radius 3 is 2.29 bits per heavy atom. The van der Waals surface area contributed by atoms with Gasteiger partial charge in [0.1, 0.15) is 23.2 Å². The Labute approximate surface area is 178 Å². The van der Waals surface area contributed by atoms with Gasteiger partial charge in [0.25, 0.3) is 11.8 Å². The van der Waals surface area contributed by atoms with Crippen molar-refractivity contribution in [3.8, 4) is 11.8 Å². The molecule has 154 valence electrons. The molecule has 0 spiro atoms. The Kier molecular flexibility index (Phi) is 7.12. The smallest absolute Gasteiger partial charge is 0.266 e. The van der Waals surface area contributed by atoms with Crippen LogP contribution in [0.4, 0.5) is 15.8 Å². The fourth-order valence-electron chi connectivity index (χ4n) is 2.59. The van der Waals surface area contributed by atoms with Crippen molar-refractivity contribution >= 4 is 29.3 Å². The van der Waals surface area contributed by atoms with Crippen molar-refractivity contribution in [3.63, 3.8) is 0 Å². The van der Waals surface area contributed by atoms with Gasteiger partial charge in [-0.1, -0.05) is 42.5 Å². The van der Waals surface area contributed by atoms with Gasteiger partial charge >= 0.3 is 0 Å². The summed E-state index contributed by atoms with van der Waals surface area (Å²) < 4.78 is 19.0. The molecule has 6 nitrogen and oxygen atoms in total. The third-order valence-electron chi connectivity index (χ3n) is 4.11. The fraction of sp³-hybridized carbons (Fsp3) is 0.0417. The first-order chi connectivity index (χ1) is 15.0. The van der Waals surface area contributed by atoms with Gasteiger partial charge < -0.3 is 15.4 Å². The zero-order chi connectivity index (χ0) is 22.1. The average Bonchev–Trinajstić information content (AvgIpc) is 2.79. The zero-order valence-electron chi connectivity index (χ0n) is 16.3. The molecule has 0 aliphatic rings. The maximum atomic E-state index is 13.6. The number of rotatable bonds is 7. The number of halogens is 1. The molecule has 0 saturated heterocycles. The van der Waals surface area contributed by atoms with Crippen LogP contribution < -0.4 is 15.4 Å². The first-order valence-electron chi connectivity index (χ1n) is 9.30. The van der Waals surface area contributed by atoms with E-state index in [9.17, 15) is 19.2 Å². The standard InChI is InChI=1S/C24H18FN3O3/c25-21-8-4-5-9-22(21)28-23(29)16-31-20-12-10-17(11-13-20)14-18(15-26)24(30)27-19-6-2-1-3-7-19/h1-14H,16H2,(H,27,30)(H,28,29). The molecule has 0 heterocycles. The van der Waals surface area contributed by atoms with Crippen LogP contribution in [0.15, 0.2) is 84.4 Å². The second kappa shape index (κ2) is 10.4. The van der Waals surface area contributed by atoms with Crippen LogP contribution >= 0.6 is 0 Å². The van der Waals surface area contributed by atoms with Gasteiger partial charge in [0.05, 0.1) is 5.69 Å². The molecule has 3 aromatic rings. The molecule has 0 aliphatic carbocycles. The van der Waals surface area contributed by atoms with Gasteiger partial charge in [-0.05, 0) is 48.0 Å². The van der Waals surface area contributed by atoms with Crippen LogP contribution in [0.5, 0.6) is 5.75 Å². The molecule has 0 saturated carbocycles. The number of carbonyl (C=O) groups excluding carboxylic acids is 2. The third kappa shape index (κ3) is 6.27. The van der Waals surface area contributed by atoms with Gasteiger partial charge in [-0.25, -0.2) is 4.39 Å². The number of carbonyl (C=O) groups is 2. The molecule has 0 atom stereocenters. The summed E-state index contributed by atoms with van der Waals surface area (Å²) in [6.07, 6.45) is 1.45. The largest absolute Gasteiger partial charge is 0.484 e. The van der Waals surface area contributed by atoms with Crippen molar-refractivity contribution in [1.82, 2.24) is 0 Å². The normalized spacial score (nSPS) is 10.6. The van der Waals surface area contributed by atoms with Gasteiger partial charge in [-0.3, -0.25) is 9.59 Å². The Hall–Kier alpha value is -4.44. The number of amides is 2. The van der Waals surface area contributed by atoms with Gasteiger partial charge in [0, 0.05) is 5.69 Å². The van der Waals surface area contributed by atoms with E-state index in [0.29, 0.717) is 17.0 Å². The van der Waals surface area contributed by atoms with Crippen molar-refractivity contribution in [2.75, 3.05) is 17.2 Å². The number of anilines is 2. The molecule has 3 aromatic carbocycles. The summed E-state index contributed by atoms with van der Waals surface area (Å²) >= 11 is 0. The lowest BCUT2D eigenvalue weighted by molar-refractivity contribution is -0.118. The van der Waals surface area contributed by atoms with E-state index in [1.807, 2.05) is 12.1 Å². The molecule has 0 bridgehead atoms. The molecule has 0 unspecified atom stereocenters. The van der Waals surface area contributed by atoms with Crippen LogP contribution in [-0.4, -0.2) is 18.4 Å². The highest BCUT2D eigenvalue weighted by molar-refractivity contribution is 6.09. The molecule has 2 amide bonds. The highest BCUT2D eigenvalue weighted by Crippen LogP contribution is 2.16. The lowest BCUT2D eigenvalue weighted by Crippen LogP contribution is -2.20. The highest BCUT2D eigenvalue weighted by atomic mass is 19.1. The highest BCUT2D eigenvalue weighted by Gasteiger charge is 2.10. The average molecular weight is 415 g/mol. The molecule has 0 fully saturated rings. The van der Waals surface area contributed by atoms with E-state index >= 15 is 0 Å². The Morgan fingerprint density at radius 1 is 0.935 bits per heavy atom. The monoisotopic (exact) mass is 415 g/mol. The maximum Gasteiger partial charge on any atom is 0.266 e. The predicted molar refractivity (Wildman–Crippen MR) is 116 cm³/mol. The van der Waals surface area contributed by atoms with Crippen molar-refractivity contribution in [2.24, 2.45) is 0 Å². The van der Waals surface area contributed by atoms with Crippen LogP contribution in [-0.2, 0) is 9.59 Å². The van der Waals surface area contributed by atoms with Crippen molar-refractivity contribution in [2.45, 2.75) is 0 Å². The summed E-state index contributed by atoms with van der Waals surface area (Å²) in [7, 11) is 0. The minimum Gasteiger partial charge on any atom is -0.484 e. The fourth-order valence-corrected chi connectivity index (χ4v) is 2.59. The first-order valence-corrected chi connectivity index (χ1v) is 9.30. The molecule has 0 aliphatic heterocycles. The summed E-state index contributed by atoms with van der Waals surface area (Å²) in [6.45, 7) is -0.299. The summed E-state index contributed by atoms with van der Waals surface area (Å²) in [5, 5.41) is 14.4. The Morgan fingerprint density at radius 2 is 1.61 bits per heavy atom. The number of nitrogens with one attached hydrogen (secondary N) is 2. The number of nitrogens with zero attached hydrogens (tertiary/aromatic N) is 1. The number of ether oxygens (including phenoxy) is 1. The minimum atomic E-state index is -0.531. The van der Waals surface area contributed by atoms with Gasteiger partial charge in [-0.15, -0.1) is 0 Å². The summed E-state index contributed by atoms with van der Waals surface area (Å²) in [5.74, 6) is -1.14. The Bertz CT molecular complexity index is 1140. The van der Waals surface area contributed by atoms with E-state index in [-0.39, 0.29) is 17.9 Å². The number of hydrogen-bond acceptors (Lipinski definition) is 4. The van der Waals surface area contributed by atoms with Crippen LogP contribution in [0.3, 0.4) is 0 Å². The lowest BCUT2D eigenvalue weighted by atomic mass is 10.1. The second-order valence-corrected chi connectivity index (χ2v) is 6.38. The van der Waals surface area contributed by atoms with Crippen LogP contribution in [0.25, 0.3) is 6.08 Å². The van der Waals surface area contributed by atoms with Gasteiger partial charge in [-0.2, -0.15) is 5.26 Å². The molecular formula is C24H18FN3O3. The van der Waals surface area contributed by atoms with Gasteiger partial charge in [0.2, 0.25) is 0 Å². The number of para-hydroxylation sites is 2. The van der Waals surface area contributed by atoms with Crippen molar-refractivity contribution in [3.05, 3.63) is 95.8 Å². The van der Waals surface area contributed by atoms with E-state index < -0.39 is 17.6 Å². The number of nitriles is 1. The quantitative estimate of drug-likeness (QED) is 0.442. The number of hydrogen-bond donors (Lipinski definition) is 2. The Balaban J connectivity index is 1.57. The van der Waals surface area contributed by atoms with E-state index in [1.54, 1.807) is 54.6 Å². The first kappa shape index (κ1) is 21.3. The van der Waals surface area contributed by atoms with Crippen LogP contribution in [0.1, 0.15) is 5.56 Å². The zero-order valence-corrected chi connectivity index (χ0v) is 16.3. The number of benzene rings is 3. The molecule has 31 heavy (non-hydrogen) atoms. The van der Waals surface area contributed by atoms with Crippen molar-refractivity contribution in [1.29, 1.82) is 5.26 Å². The van der Waals surface area contributed by atoms with Gasteiger partial charge in [0.15, 0.2) is 6.61 Å². The molecule has 0 aromatic heterocycles. The summed E-state index contributed by atoms with van der Waals surface area (Å²) in [4.78, 5) is 24.2. The predicted octanol–water partition coefficient (Wildman–Crippen LogP) is 4.39. The second-order valence-electron chi connectivity index (χ2n) is 6.38. The van der Waals surface area contributed by atoms with Crippen LogP contribution in [0, 0.1) is 17.1 Å².